The first-order chi connectivity index (χ1) is 7.47. The summed E-state index contributed by atoms with van der Waals surface area (Å²) in [7, 11) is 1.85. The Kier molecular flexibility index (Phi) is 4.05. The molecular formula is C13H20N2O. The Morgan fingerprint density at radius 3 is 2.44 bits per heavy atom. The zero-order chi connectivity index (χ0) is 12.2. The molecule has 0 fully saturated rings. The molecule has 0 aromatic carbocycles. The second-order valence-electron chi connectivity index (χ2n) is 4.75. The van der Waals surface area contributed by atoms with E-state index in [1.54, 1.807) is 17.3 Å². The van der Waals surface area contributed by atoms with Crippen LogP contribution in [0.2, 0.25) is 0 Å². The van der Waals surface area contributed by atoms with Crippen molar-refractivity contribution in [3.8, 4) is 0 Å². The molecule has 0 unspecified atom stereocenters. The smallest absolute Gasteiger partial charge is 0.228 e. The van der Waals surface area contributed by atoms with Crippen molar-refractivity contribution in [2.75, 3.05) is 7.05 Å². The molecule has 3 heteroatoms. The van der Waals surface area contributed by atoms with Gasteiger partial charge in [-0.1, -0.05) is 20.8 Å². The summed E-state index contributed by atoms with van der Waals surface area (Å²) < 4.78 is 0. The predicted molar refractivity (Wildman–Crippen MR) is 64.8 cm³/mol. The number of carbonyl (C=O) groups excluding carboxylic acids is 1. The molecule has 0 saturated carbocycles. The van der Waals surface area contributed by atoms with Gasteiger partial charge in [0.05, 0.1) is 0 Å². The van der Waals surface area contributed by atoms with Crippen molar-refractivity contribution in [2.24, 2.45) is 5.41 Å². The van der Waals surface area contributed by atoms with Crippen molar-refractivity contribution in [3.63, 3.8) is 0 Å². The van der Waals surface area contributed by atoms with Gasteiger partial charge in [0.25, 0.3) is 0 Å². The number of hydrogen-bond donors (Lipinski definition) is 0. The van der Waals surface area contributed by atoms with Crippen molar-refractivity contribution in [2.45, 2.75) is 33.7 Å². The summed E-state index contributed by atoms with van der Waals surface area (Å²) in [5.41, 5.74) is 0.833. The predicted octanol–water partition coefficient (Wildman–Crippen LogP) is 2.48. The van der Waals surface area contributed by atoms with E-state index < -0.39 is 0 Å². The average molecular weight is 220 g/mol. The Balaban J connectivity index is 2.66. The van der Waals surface area contributed by atoms with Crippen molar-refractivity contribution in [1.29, 1.82) is 0 Å². The maximum absolute atomic E-state index is 12.1. The molecule has 0 atom stereocenters. The number of rotatable bonds is 4. The summed E-state index contributed by atoms with van der Waals surface area (Å²) >= 11 is 0. The highest BCUT2D eigenvalue weighted by molar-refractivity contribution is 5.81. The second kappa shape index (κ2) is 5.10. The minimum Gasteiger partial charge on any atom is -0.341 e. The Bertz CT molecular complexity index is 346. The first-order valence-corrected chi connectivity index (χ1v) is 5.62. The summed E-state index contributed by atoms with van der Waals surface area (Å²) in [4.78, 5) is 17.8. The molecule has 0 aliphatic carbocycles. The molecule has 88 valence electrons. The molecule has 0 N–H and O–H groups in total. The average Bonchev–Trinajstić information content (AvgIpc) is 2.29. The van der Waals surface area contributed by atoms with E-state index in [1.165, 1.54) is 0 Å². The highest BCUT2D eigenvalue weighted by Gasteiger charge is 2.28. The van der Waals surface area contributed by atoms with Crippen LogP contribution in [-0.2, 0) is 11.3 Å². The number of pyridine rings is 1. The molecule has 1 aromatic heterocycles. The van der Waals surface area contributed by atoms with Crippen LogP contribution in [0, 0.1) is 5.41 Å². The number of aromatic nitrogens is 1. The van der Waals surface area contributed by atoms with Gasteiger partial charge < -0.3 is 4.90 Å². The van der Waals surface area contributed by atoms with Crippen LogP contribution in [0.15, 0.2) is 24.5 Å². The van der Waals surface area contributed by atoms with Crippen LogP contribution >= 0.6 is 0 Å². The van der Waals surface area contributed by atoms with Gasteiger partial charge in [-0.15, -0.1) is 0 Å². The molecular weight excluding hydrogens is 200 g/mol. The number of nitrogens with zero attached hydrogens (tertiary/aromatic N) is 2. The van der Waals surface area contributed by atoms with E-state index in [9.17, 15) is 4.79 Å². The summed E-state index contributed by atoms with van der Waals surface area (Å²) in [6.45, 7) is 6.65. The summed E-state index contributed by atoms with van der Waals surface area (Å²) in [6, 6.07) is 3.87. The largest absolute Gasteiger partial charge is 0.341 e. The van der Waals surface area contributed by atoms with Crippen molar-refractivity contribution < 1.29 is 4.79 Å². The molecule has 3 nitrogen and oxygen atoms in total. The van der Waals surface area contributed by atoms with Gasteiger partial charge in [-0.3, -0.25) is 9.78 Å². The lowest BCUT2D eigenvalue weighted by Crippen LogP contribution is -2.37. The van der Waals surface area contributed by atoms with Gasteiger partial charge in [0.15, 0.2) is 0 Å². The molecule has 0 saturated heterocycles. The maximum Gasteiger partial charge on any atom is 0.228 e. The van der Waals surface area contributed by atoms with Crippen LogP contribution in [0.3, 0.4) is 0 Å². The Morgan fingerprint density at radius 1 is 1.38 bits per heavy atom. The first kappa shape index (κ1) is 12.7. The highest BCUT2D eigenvalue weighted by atomic mass is 16.2. The summed E-state index contributed by atoms with van der Waals surface area (Å²) in [5, 5.41) is 0. The molecule has 0 bridgehead atoms. The lowest BCUT2D eigenvalue weighted by atomic mass is 9.88. The number of hydrogen-bond acceptors (Lipinski definition) is 2. The van der Waals surface area contributed by atoms with Crippen LogP contribution in [0.25, 0.3) is 0 Å². The normalized spacial score (nSPS) is 11.2. The van der Waals surface area contributed by atoms with Crippen molar-refractivity contribution in [1.82, 2.24) is 9.88 Å². The Labute approximate surface area is 97.5 Å². The molecule has 1 heterocycles. The number of amides is 1. The van der Waals surface area contributed by atoms with Crippen LogP contribution in [0.1, 0.15) is 32.8 Å². The molecule has 1 rings (SSSR count). The van der Waals surface area contributed by atoms with E-state index in [-0.39, 0.29) is 11.3 Å². The van der Waals surface area contributed by atoms with Crippen LogP contribution in [0.5, 0.6) is 0 Å². The first-order valence-electron chi connectivity index (χ1n) is 5.62. The minimum atomic E-state index is -0.276. The van der Waals surface area contributed by atoms with Gasteiger partial charge in [-0.2, -0.15) is 0 Å². The van der Waals surface area contributed by atoms with E-state index in [2.05, 4.69) is 4.98 Å². The Morgan fingerprint density at radius 2 is 1.94 bits per heavy atom. The second-order valence-corrected chi connectivity index (χ2v) is 4.75. The van der Waals surface area contributed by atoms with E-state index in [0.717, 1.165) is 12.0 Å². The molecule has 0 aliphatic heterocycles. The van der Waals surface area contributed by atoms with E-state index >= 15 is 0 Å². The van der Waals surface area contributed by atoms with Crippen LogP contribution in [-0.4, -0.2) is 22.8 Å². The zero-order valence-electron chi connectivity index (χ0n) is 10.5. The number of carbonyl (C=O) groups is 1. The fraction of sp³-hybridized carbons (Fsp3) is 0.538. The van der Waals surface area contributed by atoms with Crippen LogP contribution in [0.4, 0.5) is 0 Å². The molecule has 0 spiro atoms. The summed E-state index contributed by atoms with van der Waals surface area (Å²) in [6.07, 6.45) is 4.35. The third-order valence-electron chi connectivity index (χ3n) is 2.98. The van der Waals surface area contributed by atoms with E-state index in [0.29, 0.717) is 6.54 Å². The maximum atomic E-state index is 12.1. The Hall–Kier alpha value is -1.38. The monoisotopic (exact) mass is 220 g/mol. The highest BCUT2D eigenvalue weighted by Crippen LogP contribution is 2.23. The van der Waals surface area contributed by atoms with Gasteiger partial charge in [-0.25, -0.2) is 0 Å². The SMILES string of the molecule is CCC(C)(C)C(=O)N(C)Cc1ccncc1. The van der Waals surface area contributed by atoms with Gasteiger partial charge >= 0.3 is 0 Å². The third kappa shape index (κ3) is 3.05. The van der Waals surface area contributed by atoms with Gasteiger partial charge in [-0.05, 0) is 24.1 Å². The molecule has 1 aromatic rings. The van der Waals surface area contributed by atoms with E-state index in [4.69, 9.17) is 0 Å². The van der Waals surface area contributed by atoms with Crippen molar-refractivity contribution in [3.05, 3.63) is 30.1 Å². The summed E-state index contributed by atoms with van der Waals surface area (Å²) in [5.74, 6) is 0.187. The standard InChI is InChI=1S/C13H20N2O/c1-5-13(2,3)12(16)15(4)10-11-6-8-14-9-7-11/h6-9H,5,10H2,1-4H3. The van der Waals surface area contributed by atoms with Gasteiger partial charge in [0.2, 0.25) is 5.91 Å². The third-order valence-corrected chi connectivity index (χ3v) is 2.98. The van der Waals surface area contributed by atoms with Gasteiger partial charge in [0.1, 0.15) is 0 Å². The van der Waals surface area contributed by atoms with Crippen LogP contribution < -0.4 is 0 Å². The molecule has 0 aliphatic rings. The fourth-order valence-corrected chi connectivity index (χ4v) is 1.50. The quantitative estimate of drug-likeness (QED) is 0.781. The lowest BCUT2D eigenvalue weighted by Gasteiger charge is -2.28. The molecule has 16 heavy (non-hydrogen) atoms. The minimum absolute atomic E-state index is 0.187. The topological polar surface area (TPSA) is 33.2 Å². The van der Waals surface area contributed by atoms with E-state index in [1.807, 2.05) is 40.0 Å². The van der Waals surface area contributed by atoms with Crippen molar-refractivity contribution >= 4 is 5.91 Å². The molecule has 1 amide bonds. The lowest BCUT2D eigenvalue weighted by molar-refractivity contribution is -0.139. The molecule has 0 radical (unpaired) electrons. The van der Waals surface area contributed by atoms with Gasteiger partial charge in [0, 0.05) is 31.4 Å². The zero-order valence-corrected chi connectivity index (χ0v) is 10.5. The fourth-order valence-electron chi connectivity index (χ4n) is 1.50.